The van der Waals surface area contributed by atoms with Gasteiger partial charge < -0.3 is 14.2 Å². The van der Waals surface area contributed by atoms with Crippen molar-refractivity contribution in [1.29, 1.82) is 0 Å². The van der Waals surface area contributed by atoms with Crippen LogP contribution in [-0.4, -0.2) is 37.2 Å². The first-order valence-corrected chi connectivity index (χ1v) is 27.7. The largest absolute Gasteiger partial charge is 0.462 e. The number of carbonyl (C=O) groups excluding carboxylic acids is 3. The van der Waals surface area contributed by atoms with Gasteiger partial charge in [-0.3, -0.25) is 14.4 Å². The molecule has 6 heteroatoms. The summed E-state index contributed by atoms with van der Waals surface area (Å²) in [5, 5.41) is 0. The monoisotopic (exact) mass is 919 g/mol. The molecule has 1 atom stereocenters. The van der Waals surface area contributed by atoms with E-state index in [1.54, 1.807) is 0 Å². The molecule has 0 aliphatic heterocycles. The molecule has 378 valence electrons. The Morgan fingerprint density at radius 3 is 1.00 bits per heavy atom. The van der Waals surface area contributed by atoms with Crippen LogP contribution in [0, 0.1) is 0 Å². The van der Waals surface area contributed by atoms with E-state index in [0.29, 0.717) is 19.3 Å². The molecule has 0 aliphatic rings. The number of unbranched alkanes of at least 4 members (excludes halogenated alkanes) is 28. The summed E-state index contributed by atoms with van der Waals surface area (Å²) in [7, 11) is 0. The van der Waals surface area contributed by atoms with Gasteiger partial charge in [-0.15, -0.1) is 0 Å². The number of rotatable bonds is 49. The second kappa shape index (κ2) is 54.2. The van der Waals surface area contributed by atoms with Gasteiger partial charge in [0.05, 0.1) is 0 Å². The molecule has 0 aliphatic carbocycles. The van der Waals surface area contributed by atoms with Gasteiger partial charge in [-0.2, -0.15) is 0 Å². The summed E-state index contributed by atoms with van der Waals surface area (Å²) in [4.78, 5) is 38.1. The molecule has 0 saturated carbocycles. The lowest BCUT2D eigenvalue weighted by Crippen LogP contribution is -2.30. The fraction of sp³-hybridized carbons (Fsp3) is 0.717. The minimum absolute atomic E-state index is 0.0988. The van der Waals surface area contributed by atoms with Crippen LogP contribution < -0.4 is 0 Å². The number of carbonyl (C=O) groups is 3. The molecule has 1 unspecified atom stereocenters. The third kappa shape index (κ3) is 51.6. The Kier molecular flexibility index (Phi) is 51.4. The van der Waals surface area contributed by atoms with Crippen molar-refractivity contribution >= 4 is 17.9 Å². The van der Waals surface area contributed by atoms with Crippen LogP contribution >= 0.6 is 0 Å². The zero-order chi connectivity index (χ0) is 47.9. The molecule has 0 fully saturated rings. The maximum atomic E-state index is 12.8. The first kappa shape index (κ1) is 62.6. The van der Waals surface area contributed by atoms with Crippen LogP contribution in [0.4, 0.5) is 0 Å². The van der Waals surface area contributed by atoms with E-state index in [-0.39, 0.29) is 37.5 Å². The average molecular weight is 919 g/mol. The van der Waals surface area contributed by atoms with Crippen molar-refractivity contribution < 1.29 is 28.6 Å². The highest BCUT2D eigenvalue weighted by atomic mass is 16.6. The van der Waals surface area contributed by atoms with Gasteiger partial charge in [-0.05, 0) is 89.9 Å². The van der Waals surface area contributed by atoms with E-state index >= 15 is 0 Å². The Bertz CT molecular complexity index is 1290. The lowest BCUT2D eigenvalue weighted by molar-refractivity contribution is -0.167. The molecule has 6 nitrogen and oxygen atoms in total. The zero-order valence-corrected chi connectivity index (χ0v) is 43.2. The molecule has 0 aromatic rings. The maximum absolute atomic E-state index is 12.8. The highest BCUT2D eigenvalue weighted by Gasteiger charge is 2.19. The molecular weight excluding hydrogens is 817 g/mol. The van der Waals surface area contributed by atoms with Crippen LogP contribution in [0.3, 0.4) is 0 Å². The van der Waals surface area contributed by atoms with Gasteiger partial charge in [0, 0.05) is 19.3 Å². The SMILES string of the molecule is CC\C=C/C=C\C=C/C=C\C=C/CCCCCC(=O)OC(COC(=O)CCCCCCC/C=C\CCCCCCCCCCC)COC(=O)CCCCCCCCC/C=C\CCCCCC. The lowest BCUT2D eigenvalue weighted by atomic mass is 10.1. The van der Waals surface area contributed by atoms with Crippen molar-refractivity contribution in [1.82, 2.24) is 0 Å². The third-order valence-corrected chi connectivity index (χ3v) is 11.7. The number of allylic oxidation sites excluding steroid dienone is 14. The van der Waals surface area contributed by atoms with Gasteiger partial charge in [0.2, 0.25) is 0 Å². The van der Waals surface area contributed by atoms with Crippen LogP contribution in [0.25, 0.3) is 0 Å². The van der Waals surface area contributed by atoms with Crippen molar-refractivity contribution in [3.8, 4) is 0 Å². The number of hydrogen-bond acceptors (Lipinski definition) is 6. The number of ether oxygens (including phenoxy) is 3. The molecule has 0 spiro atoms. The second-order valence-corrected chi connectivity index (χ2v) is 18.2. The molecule has 0 heterocycles. The summed E-state index contributed by atoms with van der Waals surface area (Å²) in [6, 6.07) is 0. The fourth-order valence-electron chi connectivity index (χ4n) is 7.57. The summed E-state index contributed by atoms with van der Waals surface area (Å²) in [5.41, 5.74) is 0. The molecule has 0 radical (unpaired) electrons. The van der Waals surface area contributed by atoms with Gasteiger partial charge >= 0.3 is 17.9 Å². The molecule has 0 saturated heterocycles. The molecule has 66 heavy (non-hydrogen) atoms. The highest BCUT2D eigenvalue weighted by molar-refractivity contribution is 5.71. The standard InChI is InChI=1S/C60H102O6/c1-4-7-10-13-16-19-22-25-28-29-30-33-35-38-41-44-47-50-53-59(62)65-56-57(66-60(63)54-51-48-45-42-39-36-32-27-24-21-18-15-12-9-6-3)55-64-58(61)52-49-46-43-40-37-34-31-26-23-20-17-14-11-8-5-2/h9,12,15,18,20-21,23-24,27,30,32-33,36,39,57H,4-8,10-11,13-14,16-17,19,22,25-26,28-29,31,34-35,37-38,40-56H2,1-3H3/b12-9-,18-15-,23-20-,24-21-,32-27-,33-30-,39-36-. The normalized spacial score (nSPS) is 12.7. The van der Waals surface area contributed by atoms with E-state index in [0.717, 1.165) is 70.6 Å². The third-order valence-electron chi connectivity index (χ3n) is 11.7. The van der Waals surface area contributed by atoms with Crippen LogP contribution in [0.5, 0.6) is 0 Å². The summed E-state index contributed by atoms with van der Waals surface area (Å²) in [6.07, 6.45) is 70.0. The van der Waals surface area contributed by atoms with Crippen LogP contribution in [0.1, 0.15) is 258 Å². The average Bonchev–Trinajstić information content (AvgIpc) is 3.31. The first-order valence-electron chi connectivity index (χ1n) is 27.7. The lowest BCUT2D eigenvalue weighted by Gasteiger charge is -2.18. The predicted molar refractivity (Wildman–Crippen MR) is 284 cm³/mol. The fourth-order valence-corrected chi connectivity index (χ4v) is 7.57. The van der Waals surface area contributed by atoms with E-state index in [1.807, 2.05) is 48.6 Å². The molecular formula is C60H102O6. The minimum atomic E-state index is -0.804. The summed E-state index contributed by atoms with van der Waals surface area (Å²) >= 11 is 0. The predicted octanol–water partition coefficient (Wildman–Crippen LogP) is 18.4. The van der Waals surface area contributed by atoms with Gasteiger partial charge in [-0.1, -0.05) is 234 Å². The van der Waals surface area contributed by atoms with Crippen LogP contribution in [0.2, 0.25) is 0 Å². The Hall–Kier alpha value is -3.41. The van der Waals surface area contributed by atoms with Crippen molar-refractivity contribution in [2.24, 2.45) is 0 Å². The van der Waals surface area contributed by atoms with E-state index in [4.69, 9.17) is 14.2 Å². The Balaban J connectivity index is 4.46. The molecule has 0 aromatic heterocycles. The van der Waals surface area contributed by atoms with Gasteiger partial charge in [0.1, 0.15) is 13.2 Å². The molecule has 0 N–H and O–H groups in total. The number of hydrogen-bond donors (Lipinski definition) is 0. The second-order valence-electron chi connectivity index (χ2n) is 18.2. The van der Waals surface area contributed by atoms with E-state index in [1.165, 1.54) is 141 Å². The van der Waals surface area contributed by atoms with Crippen molar-refractivity contribution in [2.45, 2.75) is 264 Å². The molecule has 0 bridgehead atoms. The minimum Gasteiger partial charge on any atom is -0.462 e. The first-order chi connectivity index (χ1) is 32.5. The molecule has 0 rings (SSSR count). The van der Waals surface area contributed by atoms with Gasteiger partial charge in [0.25, 0.3) is 0 Å². The van der Waals surface area contributed by atoms with Crippen molar-refractivity contribution in [3.05, 3.63) is 85.1 Å². The quantitative estimate of drug-likeness (QED) is 0.0199. The van der Waals surface area contributed by atoms with E-state index < -0.39 is 6.10 Å². The summed E-state index contributed by atoms with van der Waals surface area (Å²) in [5.74, 6) is -0.950. The van der Waals surface area contributed by atoms with Gasteiger partial charge in [-0.25, -0.2) is 0 Å². The van der Waals surface area contributed by atoms with E-state index in [2.05, 4.69) is 57.2 Å². The van der Waals surface area contributed by atoms with Crippen molar-refractivity contribution in [3.63, 3.8) is 0 Å². The molecule has 0 amide bonds. The van der Waals surface area contributed by atoms with E-state index in [9.17, 15) is 14.4 Å². The Morgan fingerprint density at radius 2 is 0.606 bits per heavy atom. The van der Waals surface area contributed by atoms with Gasteiger partial charge in [0.15, 0.2) is 6.10 Å². The maximum Gasteiger partial charge on any atom is 0.306 e. The Labute approximate surface area is 407 Å². The van der Waals surface area contributed by atoms with Crippen molar-refractivity contribution in [2.75, 3.05) is 13.2 Å². The summed E-state index contributed by atoms with van der Waals surface area (Å²) < 4.78 is 16.8. The topological polar surface area (TPSA) is 78.9 Å². The zero-order valence-electron chi connectivity index (χ0n) is 43.2. The van der Waals surface area contributed by atoms with Crippen LogP contribution in [0.15, 0.2) is 85.1 Å². The Morgan fingerprint density at radius 1 is 0.318 bits per heavy atom. The summed E-state index contributed by atoms with van der Waals surface area (Å²) in [6.45, 7) is 6.45. The number of esters is 3. The van der Waals surface area contributed by atoms with Crippen LogP contribution in [-0.2, 0) is 28.6 Å². The highest BCUT2D eigenvalue weighted by Crippen LogP contribution is 2.15. The molecule has 0 aromatic carbocycles. The smallest absolute Gasteiger partial charge is 0.306 e.